The molecule has 0 aromatic heterocycles. The van der Waals surface area contributed by atoms with E-state index >= 15 is 0 Å². The summed E-state index contributed by atoms with van der Waals surface area (Å²) in [7, 11) is -2.31. The number of carbonyl (C=O) groups is 1. The monoisotopic (exact) mass is 402 g/mol. The minimum Gasteiger partial charge on any atom is -0.497 e. The Bertz CT molecular complexity index is 895. The zero-order valence-corrected chi connectivity index (χ0v) is 15.3. The van der Waals surface area contributed by atoms with Crippen molar-refractivity contribution in [3.63, 3.8) is 0 Å². The van der Waals surface area contributed by atoms with Crippen LogP contribution in [0.25, 0.3) is 0 Å². The zero-order valence-electron chi connectivity index (χ0n) is 14.4. The van der Waals surface area contributed by atoms with Crippen molar-refractivity contribution < 1.29 is 31.1 Å². The van der Waals surface area contributed by atoms with Gasteiger partial charge in [0.25, 0.3) is 0 Å². The van der Waals surface area contributed by atoms with Crippen LogP contribution in [0.4, 0.5) is 24.5 Å². The molecule has 10 heteroatoms. The highest BCUT2D eigenvalue weighted by molar-refractivity contribution is 7.92. The number of anilines is 2. The van der Waals surface area contributed by atoms with Gasteiger partial charge in [-0.2, -0.15) is 13.2 Å². The molecule has 0 fully saturated rings. The van der Waals surface area contributed by atoms with Gasteiger partial charge in [-0.1, -0.05) is 0 Å². The summed E-state index contributed by atoms with van der Waals surface area (Å²) in [4.78, 5) is 12.2. The summed E-state index contributed by atoms with van der Waals surface area (Å²) in [5.74, 6) is -0.183. The molecule has 0 saturated carbocycles. The van der Waals surface area contributed by atoms with Crippen LogP contribution in [0, 0.1) is 0 Å². The first-order valence-corrected chi connectivity index (χ1v) is 9.44. The van der Waals surface area contributed by atoms with Crippen molar-refractivity contribution in [2.24, 2.45) is 0 Å². The highest BCUT2D eigenvalue weighted by atomic mass is 32.2. The Morgan fingerprint density at radius 2 is 1.63 bits per heavy atom. The first kappa shape index (κ1) is 20.6. The molecule has 1 N–H and O–H groups in total. The summed E-state index contributed by atoms with van der Waals surface area (Å²) < 4.78 is 67.6. The lowest BCUT2D eigenvalue weighted by atomic mass is 10.2. The molecule has 2 aromatic carbocycles. The Kier molecular flexibility index (Phi) is 5.99. The Labute approximate surface area is 154 Å². The maximum atomic E-state index is 12.6. The number of alkyl halides is 3. The number of halogens is 3. The van der Waals surface area contributed by atoms with Crippen molar-refractivity contribution in [3.8, 4) is 5.75 Å². The highest BCUT2D eigenvalue weighted by Crippen LogP contribution is 2.29. The van der Waals surface area contributed by atoms with Gasteiger partial charge in [-0.15, -0.1) is 0 Å². The molecule has 0 spiro atoms. The van der Waals surface area contributed by atoms with Gasteiger partial charge in [0.15, 0.2) is 0 Å². The lowest BCUT2D eigenvalue weighted by molar-refractivity contribution is -0.137. The molecule has 0 aliphatic carbocycles. The Hall–Kier alpha value is -2.75. The van der Waals surface area contributed by atoms with Crippen LogP contribution in [0.15, 0.2) is 48.5 Å². The van der Waals surface area contributed by atoms with Crippen LogP contribution < -0.4 is 14.4 Å². The van der Waals surface area contributed by atoms with Crippen LogP contribution in [-0.4, -0.2) is 34.2 Å². The van der Waals surface area contributed by atoms with Gasteiger partial charge in [0.2, 0.25) is 15.9 Å². The third-order valence-corrected chi connectivity index (χ3v) is 4.68. The summed E-state index contributed by atoms with van der Waals surface area (Å²) in [6, 6.07) is 9.89. The first-order chi connectivity index (χ1) is 12.5. The van der Waals surface area contributed by atoms with E-state index in [1.165, 1.54) is 19.2 Å². The number of amides is 1. The smallest absolute Gasteiger partial charge is 0.416 e. The summed E-state index contributed by atoms with van der Waals surface area (Å²) in [6.45, 7) is -0.536. The van der Waals surface area contributed by atoms with E-state index in [1.807, 2.05) is 0 Å². The van der Waals surface area contributed by atoms with Gasteiger partial charge >= 0.3 is 6.18 Å². The van der Waals surface area contributed by atoms with Crippen LogP contribution in [0.2, 0.25) is 0 Å². The van der Waals surface area contributed by atoms with Crippen molar-refractivity contribution in [1.29, 1.82) is 0 Å². The highest BCUT2D eigenvalue weighted by Gasteiger charge is 2.30. The second kappa shape index (κ2) is 7.87. The Morgan fingerprint density at radius 1 is 1.07 bits per heavy atom. The SMILES string of the molecule is COc1ccc(N(CC(=O)Nc2ccc(C(F)(F)F)cc2)S(C)(=O)=O)cc1. The average molecular weight is 402 g/mol. The van der Waals surface area contributed by atoms with Gasteiger partial charge in [0.05, 0.1) is 24.6 Å². The summed E-state index contributed by atoms with van der Waals surface area (Å²) >= 11 is 0. The number of nitrogens with zero attached hydrogens (tertiary/aromatic N) is 1. The molecule has 0 unspecified atom stereocenters. The lowest BCUT2D eigenvalue weighted by Crippen LogP contribution is -2.37. The van der Waals surface area contributed by atoms with Crippen LogP contribution in [-0.2, 0) is 21.0 Å². The van der Waals surface area contributed by atoms with Crippen LogP contribution in [0.5, 0.6) is 5.75 Å². The van der Waals surface area contributed by atoms with Gasteiger partial charge < -0.3 is 10.1 Å². The minimum atomic E-state index is -4.48. The number of nitrogens with one attached hydrogen (secondary N) is 1. The molecule has 2 aromatic rings. The third kappa shape index (κ3) is 5.61. The van der Waals surface area contributed by atoms with Crippen molar-refractivity contribution >= 4 is 27.3 Å². The molecule has 0 radical (unpaired) electrons. The van der Waals surface area contributed by atoms with Crippen molar-refractivity contribution in [1.82, 2.24) is 0 Å². The van der Waals surface area contributed by atoms with Crippen molar-refractivity contribution in [3.05, 3.63) is 54.1 Å². The Morgan fingerprint density at radius 3 is 2.07 bits per heavy atom. The number of rotatable bonds is 6. The maximum Gasteiger partial charge on any atom is 0.416 e. The predicted molar refractivity (Wildman–Crippen MR) is 95.3 cm³/mol. The number of sulfonamides is 1. The molecule has 2 rings (SSSR count). The van der Waals surface area contributed by atoms with Crippen molar-refractivity contribution in [2.75, 3.05) is 29.5 Å². The van der Waals surface area contributed by atoms with E-state index in [0.29, 0.717) is 5.75 Å². The van der Waals surface area contributed by atoms with Gasteiger partial charge in [-0.3, -0.25) is 9.10 Å². The molecular weight excluding hydrogens is 385 g/mol. The first-order valence-electron chi connectivity index (χ1n) is 7.59. The lowest BCUT2D eigenvalue weighted by Gasteiger charge is -2.22. The standard InChI is InChI=1S/C17H17F3N2O4S/c1-26-15-9-7-14(8-10-15)22(27(2,24)25)11-16(23)21-13-5-3-12(4-6-13)17(18,19)20/h3-10H,11H2,1-2H3,(H,21,23). The fraction of sp³-hybridized carbons (Fsp3) is 0.235. The molecule has 0 aliphatic heterocycles. The molecule has 6 nitrogen and oxygen atoms in total. The predicted octanol–water partition coefficient (Wildman–Crippen LogP) is 3.12. The Balaban J connectivity index is 2.14. The van der Waals surface area contributed by atoms with Gasteiger partial charge in [-0.05, 0) is 48.5 Å². The normalized spacial score (nSPS) is 11.7. The number of benzene rings is 2. The fourth-order valence-corrected chi connectivity index (χ4v) is 3.08. The number of hydrogen-bond donors (Lipinski definition) is 1. The summed E-state index contributed by atoms with van der Waals surface area (Å²) in [5, 5.41) is 2.38. The van der Waals surface area contributed by atoms with E-state index in [1.54, 1.807) is 12.1 Å². The molecular formula is C17H17F3N2O4S. The number of ether oxygens (including phenoxy) is 1. The molecule has 0 heterocycles. The van der Waals surface area contributed by atoms with Crippen LogP contribution in [0.1, 0.15) is 5.56 Å². The zero-order chi connectivity index (χ0) is 20.2. The second-order valence-electron chi connectivity index (χ2n) is 5.59. The van der Waals surface area contributed by atoms with E-state index in [4.69, 9.17) is 4.74 Å². The van der Waals surface area contributed by atoms with Gasteiger partial charge in [0, 0.05) is 5.69 Å². The van der Waals surface area contributed by atoms with E-state index in [2.05, 4.69) is 5.32 Å². The summed E-state index contributed by atoms with van der Waals surface area (Å²) in [6.07, 6.45) is -3.54. The number of methoxy groups -OCH3 is 1. The fourth-order valence-electron chi connectivity index (χ4n) is 2.22. The average Bonchev–Trinajstić information content (AvgIpc) is 2.58. The second-order valence-corrected chi connectivity index (χ2v) is 7.50. The third-order valence-electron chi connectivity index (χ3n) is 3.54. The maximum absolute atomic E-state index is 12.6. The van der Waals surface area contributed by atoms with Crippen LogP contribution in [0.3, 0.4) is 0 Å². The van der Waals surface area contributed by atoms with E-state index < -0.39 is 34.2 Å². The van der Waals surface area contributed by atoms with Gasteiger partial charge in [-0.25, -0.2) is 8.42 Å². The molecule has 27 heavy (non-hydrogen) atoms. The minimum absolute atomic E-state index is 0.121. The number of carbonyl (C=O) groups excluding carboxylic acids is 1. The summed E-state index contributed by atoms with van der Waals surface area (Å²) in [5.41, 5.74) is -0.478. The van der Waals surface area contributed by atoms with Crippen molar-refractivity contribution in [2.45, 2.75) is 6.18 Å². The van der Waals surface area contributed by atoms with E-state index in [-0.39, 0.29) is 11.4 Å². The largest absolute Gasteiger partial charge is 0.497 e. The molecule has 0 bridgehead atoms. The quantitative estimate of drug-likeness (QED) is 0.806. The molecule has 146 valence electrons. The molecule has 0 aliphatic rings. The van der Waals surface area contributed by atoms with E-state index in [9.17, 15) is 26.4 Å². The molecule has 0 saturated heterocycles. The molecule has 0 atom stereocenters. The van der Waals surface area contributed by atoms with Crippen LogP contribution >= 0.6 is 0 Å². The van der Waals surface area contributed by atoms with Gasteiger partial charge in [0.1, 0.15) is 12.3 Å². The number of hydrogen-bond acceptors (Lipinski definition) is 4. The topological polar surface area (TPSA) is 75.7 Å². The molecule has 1 amide bonds. The van der Waals surface area contributed by atoms with E-state index in [0.717, 1.165) is 34.8 Å².